The molecule has 1 saturated heterocycles. The van der Waals surface area contributed by atoms with E-state index in [1.807, 2.05) is 31.2 Å². The van der Waals surface area contributed by atoms with Gasteiger partial charge in [0.25, 0.3) is 12.1 Å². The van der Waals surface area contributed by atoms with Crippen LogP contribution in [-0.2, 0) is 6.42 Å². The molecule has 29 heavy (non-hydrogen) atoms. The Morgan fingerprint density at radius 3 is 2.69 bits per heavy atom. The van der Waals surface area contributed by atoms with Crippen molar-refractivity contribution in [3.63, 3.8) is 0 Å². The van der Waals surface area contributed by atoms with Crippen LogP contribution in [0, 0.1) is 18.4 Å². The number of aromatic nitrogens is 1. The van der Waals surface area contributed by atoms with Gasteiger partial charge in [0.1, 0.15) is 12.1 Å². The number of fused-ring (bicyclic) bond motifs is 1. The molecule has 1 aromatic heterocycles. The second-order valence-electron chi connectivity index (χ2n) is 8.35. The van der Waals surface area contributed by atoms with Gasteiger partial charge in [-0.25, -0.2) is 4.79 Å². The van der Waals surface area contributed by atoms with Gasteiger partial charge < -0.3 is 15.0 Å². The number of nitrogens with one attached hydrogen (secondary N) is 1. The third-order valence-electron chi connectivity index (χ3n) is 6.80. The Labute approximate surface area is 170 Å². The third kappa shape index (κ3) is 3.11. The molecule has 3 atom stereocenters. The number of aromatic carboxylic acids is 1. The Morgan fingerprint density at radius 2 is 2.10 bits per heavy atom. The van der Waals surface area contributed by atoms with Crippen LogP contribution in [0.2, 0.25) is 0 Å². The van der Waals surface area contributed by atoms with Gasteiger partial charge in [-0.2, -0.15) is 0 Å². The standard InChI is InChI=1S/C23H25N3O3/c1-4-15-11-18(22(28)29)21(27)25-20(15)16-5-7-17(8-6-16)26-12-19-14(2)9-10-23(19,13-26)24-3/h3,5-8,11,14,19H,4,9-10,12-13H2,1-2H3,(H-,25,27,28,29)/p+1. The lowest BCUT2D eigenvalue weighted by Crippen LogP contribution is -2.31. The molecule has 1 aliphatic carbocycles. The molecular formula is C23H26N3O3+. The Hall–Kier alpha value is -3.07. The Bertz CT molecular complexity index is 1050. The van der Waals surface area contributed by atoms with Crippen molar-refractivity contribution in [2.45, 2.75) is 38.6 Å². The van der Waals surface area contributed by atoms with E-state index >= 15 is 0 Å². The van der Waals surface area contributed by atoms with Crippen molar-refractivity contribution in [3.05, 3.63) is 56.7 Å². The Kier molecular flexibility index (Phi) is 4.70. The van der Waals surface area contributed by atoms with Gasteiger partial charge in [0.05, 0.1) is 11.6 Å². The summed E-state index contributed by atoms with van der Waals surface area (Å²) < 4.78 is 0. The number of rotatable bonds is 4. The number of carboxylic acid groups (broad SMARTS) is 1. The van der Waals surface area contributed by atoms with Crippen molar-refractivity contribution in [1.29, 1.82) is 0 Å². The minimum absolute atomic E-state index is 0.134. The number of aryl methyl sites for hydroxylation is 1. The van der Waals surface area contributed by atoms with Crippen molar-refractivity contribution in [1.82, 2.24) is 4.98 Å². The van der Waals surface area contributed by atoms with Gasteiger partial charge in [0, 0.05) is 18.7 Å². The predicted molar refractivity (Wildman–Crippen MR) is 114 cm³/mol. The third-order valence-corrected chi connectivity index (χ3v) is 6.80. The lowest BCUT2D eigenvalue weighted by molar-refractivity contribution is 0.0695. The number of benzene rings is 1. The van der Waals surface area contributed by atoms with Crippen molar-refractivity contribution >= 4 is 11.7 Å². The van der Waals surface area contributed by atoms with Gasteiger partial charge in [0.2, 0.25) is 0 Å². The maximum absolute atomic E-state index is 12.1. The Morgan fingerprint density at radius 1 is 1.38 bits per heavy atom. The van der Waals surface area contributed by atoms with Crippen LogP contribution < -0.4 is 10.5 Å². The summed E-state index contributed by atoms with van der Waals surface area (Å²) in [5.41, 5.74) is 2.52. The van der Waals surface area contributed by atoms with E-state index in [-0.39, 0.29) is 11.1 Å². The normalized spacial score (nSPS) is 25.6. The molecule has 2 heterocycles. The van der Waals surface area contributed by atoms with Crippen molar-refractivity contribution in [2.24, 2.45) is 11.8 Å². The molecule has 0 bridgehead atoms. The molecule has 1 aromatic carbocycles. The van der Waals surface area contributed by atoms with Crippen LogP contribution in [0.25, 0.3) is 16.1 Å². The highest BCUT2D eigenvalue weighted by Gasteiger charge is 2.61. The first kappa shape index (κ1) is 19.3. The van der Waals surface area contributed by atoms with Crippen molar-refractivity contribution < 1.29 is 9.90 Å². The number of hydrogen-bond donors (Lipinski definition) is 2. The topological polar surface area (TPSA) is 77.8 Å². The maximum atomic E-state index is 12.1. The molecule has 4 rings (SSSR count). The van der Waals surface area contributed by atoms with Crippen molar-refractivity contribution in [3.8, 4) is 17.8 Å². The molecule has 2 fully saturated rings. The van der Waals surface area contributed by atoms with Crippen LogP contribution in [0.3, 0.4) is 0 Å². The second-order valence-corrected chi connectivity index (χ2v) is 8.35. The van der Waals surface area contributed by atoms with E-state index in [1.165, 1.54) is 12.5 Å². The van der Waals surface area contributed by atoms with E-state index in [9.17, 15) is 14.7 Å². The largest absolute Gasteiger partial charge is 0.477 e. The Balaban J connectivity index is 1.63. The summed E-state index contributed by atoms with van der Waals surface area (Å²) in [7, 11) is 0. The summed E-state index contributed by atoms with van der Waals surface area (Å²) >= 11 is 0. The lowest BCUT2D eigenvalue weighted by atomic mass is 9.88. The average molecular weight is 392 g/mol. The second kappa shape index (κ2) is 7.07. The summed E-state index contributed by atoms with van der Waals surface area (Å²) in [6.07, 6.45) is 2.85. The fourth-order valence-corrected chi connectivity index (χ4v) is 5.08. The summed E-state index contributed by atoms with van der Waals surface area (Å²) in [5.74, 6) is -0.105. The number of nitrogens with zero attached hydrogens (tertiary/aromatic N) is 2. The molecule has 2 aromatic rings. The number of H-pyrrole nitrogens is 1. The molecule has 2 aliphatic rings. The quantitative estimate of drug-likeness (QED) is 0.828. The molecule has 1 saturated carbocycles. The SMILES string of the molecule is C#[N+]C12CCC(C)C1CN(c1ccc(-c3[nH]c(=O)c(C(=O)O)cc3CC)cc1)C2. The number of hydrogen-bond acceptors (Lipinski definition) is 3. The molecule has 1 aliphatic heterocycles. The summed E-state index contributed by atoms with van der Waals surface area (Å²) in [5, 5.41) is 9.19. The molecule has 150 valence electrons. The van der Waals surface area contributed by atoms with Crippen LogP contribution in [0.15, 0.2) is 35.1 Å². The van der Waals surface area contributed by atoms with Gasteiger partial charge in [0.15, 0.2) is 0 Å². The van der Waals surface area contributed by atoms with E-state index < -0.39 is 11.5 Å². The highest BCUT2D eigenvalue weighted by atomic mass is 16.4. The molecule has 6 heteroatoms. The molecular weight excluding hydrogens is 366 g/mol. The van der Waals surface area contributed by atoms with Crippen LogP contribution in [0.5, 0.6) is 0 Å². The zero-order valence-corrected chi connectivity index (χ0v) is 16.8. The molecule has 3 unspecified atom stereocenters. The highest BCUT2D eigenvalue weighted by molar-refractivity contribution is 5.88. The first-order valence-electron chi connectivity index (χ1n) is 10.2. The monoisotopic (exact) mass is 392 g/mol. The fraction of sp³-hybridized carbons (Fsp3) is 0.435. The fourth-order valence-electron chi connectivity index (χ4n) is 5.08. The van der Waals surface area contributed by atoms with Gasteiger partial charge in [-0.3, -0.25) is 4.79 Å². The van der Waals surface area contributed by atoms with Crippen LogP contribution >= 0.6 is 0 Å². The van der Waals surface area contributed by atoms with Gasteiger partial charge >= 0.3 is 11.5 Å². The van der Waals surface area contributed by atoms with Crippen molar-refractivity contribution in [2.75, 3.05) is 18.0 Å². The molecule has 0 amide bonds. The lowest BCUT2D eigenvalue weighted by Gasteiger charge is -2.20. The van der Waals surface area contributed by atoms with E-state index in [4.69, 9.17) is 6.57 Å². The summed E-state index contributed by atoms with van der Waals surface area (Å²) in [4.78, 5) is 32.8. The maximum Gasteiger partial charge on any atom is 0.341 e. The summed E-state index contributed by atoms with van der Waals surface area (Å²) in [6.45, 7) is 11.8. The van der Waals surface area contributed by atoms with Crippen LogP contribution in [0.1, 0.15) is 42.6 Å². The number of pyridine rings is 1. The van der Waals surface area contributed by atoms with Gasteiger partial charge in [-0.15, -0.1) is 0 Å². The van der Waals surface area contributed by atoms with Gasteiger partial charge in [-0.1, -0.05) is 30.8 Å². The molecule has 2 N–H and O–H groups in total. The van der Waals surface area contributed by atoms with Crippen LogP contribution in [-0.4, -0.2) is 34.7 Å². The minimum atomic E-state index is -1.21. The molecule has 6 nitrogen and oxygen atoms in total. The van der Waals surface area contributed by atoms with Crippen LogP contribution in [0.4, 0.5) is 5.69 Å². The van der Waals surface area contributed by atoms with E-state index in [1.54, 1.807) is 0 Å². The number of carboxylic acids is 1. The molecule has 0 spiro atoms. The van der Waals surface area contributed by atoms with E-state index in [0.29, 0.717) is 24.0 Å². The zero-order valence-electron chi connectivity index (χ0n) is 16.8. The number of anilines is 1. The minimum Gasteiger partial charge on any atom is -0.477 e. The number of aromatic amines is 1. The van der Waals surface area contributed by atoms with Gasteiger partial charge in [-0.05, 0) is 48.1 Å². The van der Waals surface area contributed by atoms with E-state index in [2.05, 4.69) is 21.7 Å². The zero-order chi connectivity index (χ0) is 20.8. The smallest absolute Gasteiger partial charge is 0.341 e. The number of carbonyl (C=O) groups is 1. The highest BCUT2D eigenvalue weighted by Crippen LogP contribution is 2.48. The summed E-state index contributed by atoms with van der Waals surface area (Å²) in [6, 6.07) is 9.52. The first-order chi connectivity index (χ1) is 13.9. The predicted octanol–water partition coefficient (Wildman–Crippen LogP) is 3.87. The molecule has 0 radical (unpaired) electrons. The average Bonchev–Trinajstić information content (AvgIpc) is 3.25. The first-order valence-corrected chi connectivity index (χ1v) is 10.2. The van der Waals surface area contributed by atoms with E-state index in [0.717, 1.165) is 36.3 Å².